The van der Waals surface area contributed by atoms with Crippen LogP contribution >= 0.6 is 11.7 Å². The van der Waals surface area contributed by atoms with Crippen LogP contribution in [0.5, 0.6) is 0 Å². The number of aromatic nitrogens is 6. The molecule has 8 nitrogen and oxygen atoms in total. The fourth-order valence-electron chi connectivity index (χ4n) is 2.47. The van der Waals surface area contributed by atoms with Gasteiger partial charge in [0.2, 0.25) is 11.7 Å². The fourth-order valence-corrected chi connectivity index (χ4v) is 3.02. The molecule has 0 saturated heterocycles. The van der Waals surface area contributed by atoms with E-state index in [4.69, 9.17) is 0 Å². The summed E-state index contributed by atoms with van der Waals surface area (Å²) < 4.78 is 8.35. The molecule has 4 rings (SSSR count). The number of amides is 1. The van der Waals surface area contributed by atoms with Crippen molar-refractivity contribution in [1.29, 1.82) is 0 Å². The number of carbonyl (C=O) groups is 1. The van der Waals surface area contributed by atoms with Crippen LogP contribution < -0.4 is 5.32 Å². The number of hydrogen-bond donors (Lipinski definition) is 1. The Morgan fingerprint density at radius 3 is 2.92 bits per heavy atom. The van der Waals surface area contributed by atoms with Crippen molar-refractivity contribution in [2.45, 2.75) is 13.5 Å². The highest BCUT2D eigenvalue weighted by Crippen LogP contribution is 2.21. The lowest BCUT2D eigenvalue weighted by molar-refractivity contribution is -0.117. The summed E-state index contributed by atoms with van der Waals surface area (Å²) in [5.74, 6) is 0.242. The van der Waals surface area contributed by atoms with Crippen LogP contribution in [0.4, 0.5) is 5.69 Å². The smallest absolute Gasteiger partial charge is 0.248 e. The number of nitrogens with one attached hydrogen (secondary N) is 1. The molecule has 1 N–H and O–H groups in total. The minimum absolute atomic E-state index is 0.0349. The van der Waals surface area contributed by atoms with E-state index < -0.39 is 0 Å². The monoisotopic (exact) mass is 351 g/mol. The van der Waals surface area contributed by atoms with Crippen molar-refractivity contribution < 1.29 is 4.79 Å². The van der Waals surface area contributed by atoms with E-state index in [1.54, 1.807) is 6.07 Å². The Labute approximate surface area is 146 Å². The van der Waals surface area contributed by atoms with E-state index in [1.165, 1.54) is 4.80 Å². The van der Waals surface area contributed by atoms with Crippen molar-refractivity contribution in [3.63, 3.8) is 0 Å². The summed E-state index contributed by atoms with van der Waals surface area (Å²) >= 11 is 1.11. The zero-order valence-corrected chi connectivity index (χ0v) is 14.1. The first-order valence-corrected chi connectivity index (χ1v) is 8.29. The molecule has 0 atom stereocenters. The van der Waals surface area contributed by atoms with Gasteiger partial charge in [-0.15, -0.1) is 10.2 Å². The molecule has 0 aliphatic carbocycles. The summed E-state index contributed by atoms with van der Waals surface area (Å²) in [7, 11) is 0. The number of aryl methyl sites for hydroxylation is 1. The molecule has 25 heavy (non-hydrogen) atoms. The number of anilines is 1. The number of fused-ring (bicyclic) bond motifs is 1. The van der Waals surface area contributed by atoms with E-state index in [9.17, 15) is 4.79 Å². The van der Waals surface area contributed by atoms with Crippen LogP contribution in [0.1, 0.15) is 5.56 Å². The van der Waals surface area contributed by atoms with Crippen molar-refractivity contribution >= 4 is 34.4 Å². The van der Waals surface area contributed by atoms with E-state index in [0.29, 0.717) is 17.0 Å². The second-order valence-electron chi connectivity index (χ2n) is 5.44. The van der Waals surface area contributed by atoms with Gasteiger partial charge in [-0.05, 0) is 29.8 Å². The molecule has 2 aromatic carbocycles. The van der Waals surface area contributed by atoms with Gasteiger partial charge >= 0.3 is 0 Å². The Morgan fingerprint density at radius 1 is 1.16 bits per heavy atom. The highest BCUT2D eigenvalue weighted by molar-refractivity contribution is 7.00. The number of benzene rings is 2. The van der Waals surface area contributed by atoms with E-state index in [-0.39, 0.29) is 12.5 Å². The van der Waals surface area contributed by atoms with Gasteiger partial charge in [0, 0.05) is 5.56 Å². The van der Waals surface area contributed by atoms with Gasteiger partial charge in [0.15, 0.2) is 0 Å². The maximum absolute atomic E-state index is 12.3. The predicted octanol–water partition coefficient (Wildman–Crippen LogP) is 2.29. The molecule has 0 fully saturated rings. The number of carbonyl (C=O) groups excluding carboxylic acids is 1. The van der Waals surface area contributed by atoms with Crippen LogP contribution in [-0.2, 0) is 11.3 Å². The van der Waals surface area contributed by atoms with Gasteiger partial charge in [0.05, 0.1) is 17.4 Å². The Morgan fingerprint density at radius 2 is 2.04 bits per heavy atom. The summed E-state index contributed by atoms with van der Waals surface area (Å²) in [6.07, 6.45) is 0. The van der Waals surface area contributed by atoms with Gasteiger partial charge in [-0.2, -0.15) is 13.5 Å². The van der Waals surface area contributed by atoms with Crippen molar-refractivity contribution in [3.8, 4) is 11.4 Å². The number of nitrogens with zero attached hydrogens (tertiary/aromatic N) is 6. The quantitative estimate of drug-likeness (QED) is 0.606. The summed E-state index contributed by atoms with van der Waals surface area (Å²) in [6.45, 7) is 1.94. The molecule has 1 amide bonds. The van der Waals surface area contributed by atoms with Crippen LogP contribution in [0.25, 0.3) is 22.4 Å². The minimum Gasteiger partial charge on any atom is -0.322 e. The van der Waals surface area contributed by atoms with Crippen molar-refractivity contribution in [3.05, 3.63) is 48.0 Å². The summed E-state index contributed by atoms with van der Waals surface area (Å²) in [4.78, 5) is 13.5. The van der Waals surface area contributed by atoms with Gasteiger partial charge < -0.3 is 5.32 Å². The second-order valence-corrected chi connectivity index (χ2v) is 5.97. The van der Waals surface area contributed by atoms with Crippen LogP contribution in [-0.4, -0.2) is 34.9 Å². The third kappa shape index (κ3) is 3.09. The standard InChI is InChI=1S/C16H13N7OS/c1-10-5-2-3-6-11(10)16-18-22-23(19-16)9-14(24)17-12-7-4-8-13-15(12)21-25-20-13/h2-8H,9H2,1H3,(H,17,24). The summed E-state index contributed by atoms with van der Waals surface area (Å²) in [5.41, 5.74) is 3.99. The Balaban J connectivity index is 1.50. The molecule has 9 heteroatoms. The molecule has 4 aromatic rings. The van der Waals surface area contributed by atoms with Crippen molar-refractivity contribution in [2.75, 3.05) is 5.32 Å². The maximum atomic E-state index is 12.3. The lowest BCUT2D eigenvalue weighted by Gasteiger charge is -2.04. The number of hydrogen-bond acceptors (Lipinski definition) is 7. The van der Waals surface area contributed by atoms with Crippen molar-refractivity contribution in [2.24, 2.45) is 0 Å². The van der Waals surface area contributed by atoms with E-state index in [0.717, 1.165) is 28.4 Å². The van der Waals surface area contributed by atoms with Gasteiger partial charge in [-0.25, -0.2) is 0 Å². The predicted molar refractivity (Wildman–Crippen MR) is 94.0 cm³/mol. The molecule has 0 saturated carbocycles. The maximum Gasteiger partial charge on any atom is 0.248 e. The van der Waals surface area contributed by atoms with E-state index >= 15 is 0 Å². The highest BCUT2D eigenvalue weighted by Gasteiger charge is 2.12. The largest absolute Gasteiger partial charge is 0.322 e. The number of rotatable bonds is 4. The van der Waals surface area contributed by atoms with Crippen LogP contribution in [0.3, 0.4) is 0 Å². The minimum atomic E-state index is -0.255. The molecule has 0 unspecified atom stereocenters. The molecule has 2 heterocycles. The van der Waals surface area contributed by atoms with Gasteiger partial charge in [0.1, 0.15) is 17.6 Å². The first kappa shape index (κ1) is 15.3. The van der Waals surface area contributed by atoms with Crippen LogP contribution in [0, 0.1) is 6.92 Å². The molecule has 0 bridgehead atoms. The average molecular weight is 351 g/mol. The van der Waals surface area contributed by atoms with E-state index in [1.807, 2.05) is 43.3 Å². The Hall–Kier alpha value is -3.20. The fraction of sp³-hybridized carbons (Fsp3) is 0.125. The SMILES string of the molecule is Cc1ccccc1-c1nnn(CC(=O)Nc2cccc3nsnc23)n1. The molecular formula is C16H13N7OS. The Kier molecular flexibility index (Phi) is 3.90. The molecule has 0 aliphatic rings. The molecule has 0 spiro atoms. The Bertz CT molecular complexity index is 1060. The lowest BCUT2D eigenvalue weighted by Crippen LogP contribution is -2.20. The highest BCUT2D eigenvalue weighted by atomic mass is 32.1. The van der Waals surface area contributed by atoms with Crippen molar-refractivity contribution in [1.82, 2.24) is 29.0 Å². The van der Waals surface area contributed by atoms with E-state index in [2.05, 4.69) is 29.5 Å². The zero-order valence-electron chi connectivity index (χ0n) is 13.2. The molecular weight excluding hydrogens is 338 g/mol. The number of tetrazole rings is 1. The molecule has 0 radical (unpaired) electrons. The van der Waals surface area contributed by atoms with Gasteiger partial charge in [-0.1, -0.05) is 30.3 Å². The zero-order chi connectivity index (χ0) is 17.2. The average Bonchev–Trinajstić information content (AvgIpc) is 3.25. The summed E-state index contributed by atoms with van der Waals surface area (Å²) in [5, 5.41) is 15.1. The molecule has 124 valence electrons. The molecule has 0 aliphatic heterocycles. The third-order valence-corrected chi connectivity index (χ3v) is 4.23. The third-order valence-electron chi connectivity index (χ3n) is 3.68. The van der Waals surface area contributed by atoms with Gasteiger partial charge in [0.25, 0.3) is 0 Å². The topological polar surface area (TPSA) is 98.5 Å². The normalized spacial score (nSPS) is 10.9. The summed E-state index contributed by atoms with van der Waals surface area (Å²) in [6, 6.07) is 13.2. The molecule has 2 aromatic heterocycles. The lowest BCUT2D eigenvalue weighted by atomic mass is 10.1. The second kappa shape index (κ2) is 6.36. The van der Waals surface area contributed by atoms with Crippen LogP contribution in [0.2, 0.25) is 0 Å². The first-order valence-electron chi connectivity index (χ1n) is 7.55. The first-order chi connectivity index (χ1) is 12.2. The van der Waals surface area contributed by atoms with Crippen LogP contribution in [0.15, 0.2) is 42.5 Å². The van der Waals surface area contributed by atoms with Gasteiger partial charge in [-0.3, -0.25) is 4.79 Å².